The maximum atomic E-state index is 12.4. The van der Waals surface area contributed by atoms with Gasteiger partial charge in [0.1, 0.15) is 6.04 Å². The molecule has 120 valence electrons. The largest absolute Gasteiger partial charge is 0.368 e. The van der Waals surface area contributed by atoms with Crippen LogP contribution >= 0.6 is 0 Å². The highest BCUT2D eigenvalue weighted by atomic mass is 16.2. The van der Waals surface area contributed by atoms with Gasteiger partial charge in [0.05, 0.1) is 12.1 Å². The van der Waals surface area contributed by atoms with Crippen LogP contribution in [-0.2, 0) is 14.4 Å². The lowest BCUT2D eigenvalue weighted by atomic mass is 9.97. The Labute approximate surface area is 125 Å². The zero-order valence-corrected chi connectivity index (χ0v) is 13.0. The third-order valence-electron chi connectivity index (χ3n) is 3.64. The van der Waals surface area contributed by atoms with Gasteiger partial charge >= 0.3 is 0 Å². The molecule has 0 spiro atoms. The summed E-state index contributed by atoms with van der Waals surface area (Å²) in [6, 6.07) is -0.656. The van der Waals surface area contributed by atoms with Gasteiger partial charge in [-0.1, -0.05) is 13.8 Å². The van der Waals surface area contributed by atoms with Crippen LogP contribution in [0.15, 0.2) is 0 Å². The summed E-state index contributed by atoms with van der Waals surface area (Å²) in [6.45, 7) is 6.35. The summed E-state index contributed by atoms with van der Waals surface area (Å²) >= 11 is 0. The molecule has 1 fully saturated rings. The van der Waals surface area contributed by atoms with Gasteiger partial charge in [-0.15, -0.1) is 0 Å². The van der Waals surface area contributed by atoms with Gasteiger partial charge in [0.15, 0.2) is 0 Å². The van der Waals surface area contributed by atoms with Crippen LogP contribution in [0.3, 0.4) is 0 Å². The van der Waals surface area contributed by atoms with Crippen LogP contribution in [0.2, 0.25) is 0 Å². The van der Waals surface area contributed by atoms with Crippen molar-refractivity contribution >= 4 is 17.7 Å². The molecular weight excluding hydrogens is 272 g/mol. The van der Waals surface area contributed by atoms with Gasteiger partial charge in [-0.2, -0.15) is 0 Å². The Kier molecular flexibility index (Phi) is 6.14. The highest BCUT2D eigenvalue weighted by Crippen LogP contribution is 2.19. The number of primary amides is 1. The molecule has 0 bridgehead atoms. The molecule has 0 radical (unpaired) electrons. The normalized spacial score (nSPS) is 22.9. The number of rotatable bonds is 7. The number of amides is 3. The molecule has 0 aromatic carbocycles. The average Bonchev–Trinajstić information content (AvgIpc) is 2.82. The highest BCUT2D eigenvalue weighted by Gasteiger charge is 2.37. The van der Waals surface area contributed by atoms with E-state index in [1.165, 1.54) is 0 Å². The van der Waals surface area contributed by atoms with E-state index < -0.39 is 17.5 Å². The fourth-order valence-corrected chi connectivity index (χ4v) is 2.41. The molecule has 0 aromatic rings. The number of hydrogen-bond acceptors (Lipinski definition) is 4. The van der Waals surface area contributed by atoms with Gasteiger partial charge < -0.3 is 21.7 Å². The lowest BCUT2D eigenvalue weighted by molar-refractivity contribution is -0.132. The Hall–Kier alpha value is -1.63. The molecule has 1 saturated heterocycles. The molecule has 21 heavy (non-hydrogen) atoms. The summed E-state index contributed by atoms with van der Waals surface area (Å²) in [5.74, 6) is -0.932. The minimum absolute atomic E-state index is 0.181. The molecule has 1 unspecified atom stereocenters. The van der Waals surface area contributed by atoms with Crippen LogP contribution in [0.5, 0.6) is 0 Å². The molecule has 5 N–H and O–H groups in total. The summed E-state index contributed by atoms with van der Waals surface area (Å²) < 4.78 is 0. The molecule has 1 aliphatic heterocycles. The van der Waals surface area contributed by atoms with Gasteiger partial charge in [0, 0.05) is 0 Å². The lowest BCUT2D eigenvalue weighted by Crippen LogP contribution is -2.57. The van der Waals surface area contributed by atoms with Crippen molar-refractivity contribution in [1.82, 2.24) is 16.0 Å². The van der Waals surface area contributed by atoms with E-state index in [0.29, 0.717) is 6.42 Å². The quantitative estimate of drug-likeness (QED) is 0.496. The molecule has 7 nitrogen and oxygen atoms in total. The molecule has 0 aromatic heterocycles. The smallest absolute Gasteiger partial charge is 0.243 e. The predicted octanol–water partition coefficient (Wildman–Crippen LogP) is -0.739. The molecule has 1 heterocycles. The van der Waals surface area contributed by atoms with E-state index in [1.54, 1.807) is 0 Å². The van der Waals surface area contributed by atoms with E-state index >= 15 is 0 Å². The zero-order valence-electron chi connectivity index (χ0n) is 13.0. The number of nitrogens with one attached hydrogen (secondary N) is 3. The minimum atomic E-state index is -0.656. The SMILES string of the molecule is CC(C)C[C@H](NC(=O)C1(C)CCCN1)C(=O)NCC(N)=O. The van der Waals surface area contributed by atoms with Gasteiger partial charge in [-0.05, 0) is 38.6 Å². The topological polar surface area (TPSA) is 113 Å². The maximum absolute atomic E-state index is 12.4. The first-order valence-corrected chi connectivity index (χ1v) is 7.36. The van der Waals surface area contributed by atoms with Crippen molar-refractivity contribution in [2.45, 2.75) is 51.6 Å². The van der Waals surface area contributed by atoms with E-state index in [1.807, 2.05) is 20.8 Å². The second-order valence-corrected chi connectivity index (χ2v) is 6.20. The Morgan fingerprint density at radius 2 is 2.00 bits per heavy atom. The first kappa shape index (κ1) is 17.4. The van der Waals surface area contributed by atoms with Gasteiger partial charge in [-0.3, -0.25) is 14.4 Å². The second-order valence-electron chi connectivity index (χ2n) is 6.20. The van der Waals surface area contributed by atoms with Crippen LogP contribution in [0, 0.1) is 5.92 Å². The first-order chi connectivity index (χ1) is 9.74. The number of carbonyl (C=O) groups excluding carboxylic acids is 3. The standard InChI is InChI=1S/C14H26N4O3/c1-9(2)7-10(12(20)16-8-11(15)19)18-13(21)14(3)5-4-6-17-14/h9-10,17H,4-8H2,1-3H3,(H2,15,19)(H,16,20)(H,18,21)/t10-,14?/m0/s1. The van der Waals surface area contributed by atoms with E-state index in [2.05, 4.69) is 16.0 Å². The van der Waals surface area contributed by atoms with Crippen molar-refractivity contribution in [2.24, 2.45) is 11.7 Å². The maximum Gasteiger partial charge on any atom is 0.243 e. The van der Waals surface area contributed by atoms with Gasteiger partial charge in [0.2, 0.25) is 17.7 Å². The van der Waals surface area contributed by atoms with Crippen molar-refractivity contribution in [3.63, 3.8) is 0 Å². The van der Waals surface area contributed by atoms with Crippen LogP contribution in [0.4, 0.5) is 0 Å². The van der Waals surface area contributed by atoms with Crippen molar-refractivity contribution in [2.75, 3.05) is 13.1 Å². The number of hydrogen-bond donors (Lipinski definition) is 4. The zero-order chi connectivity index (χ0) is 16.0. The van der Waals surface area contributed by atoms with E-state index in [-0.39, 0.29) is 24.3 Å². The fourth-order valence-electron chi connectivity index (χ4n) is 2.41. The van der Waals surface area contributed by atoms with Crippen LogP contribution in [0.1, 0.15) is 40.0 Å². The molecule has 0 aliphatic carbocycles. The van der Waals surface area contributed by atoms with Crippen molar-refractivity contribution in [3.05, 3.63) is 0 Å². The summed E-state index contributed by atoms with van der Waals surface area (Å²) in [4.78, 5) is 35.2. The van der Waals surface area contributed by atoms with Crippen LogP contribution < -0.4 is 21.7 Å². The summed E-state index contributed by atoms with van der Waals surface area (Å²) in [5, 5.41) is 8.40. The predicted molar refractivity (Wildman–Crippen MR) is 79.2 cm³/mol. The third-order valence-corrected chi connectivity index (χ3v) is 3.64. The minimum Gasteiger partial charge on any atom is -0.368 e. The summed E-state index contributed by atoms with van der Waals surface area (Å²) in [6.07, 6.45) is 2.19. The Balaban J connectivity index is 2.66. The van der Waals surface area contributed by atoms with Crippen LogP contribution in [0.25, 0.3) is 0 Å². The van der Waals surface area contributed by atoms with E-state index in [4.69, 9.17) is 5.73 Å². The lowest BCUT2D eigenvalue weighted by Gasteiger charge is -2.27. The van der Waals surface area contributed by atoms with Crippen molar-refractivity contribution in [3.8, 4) is 0 Å². The molecule has 2 atom stereocenters. The number of nitrogens with two attached hydrogens (primary N) is 1. The molecule has 0 saturated carbocycles. The summed E-state index contributed by atoms with van der Waals surface area (Å²) in [7, 11) is 0. The monoisotopic (exact) mass is 298 g/mol. The van der Waals surface area contributed by atoms with Crippen LogP contribution in [-0.4, -0.2) is 42.4 Å². The van der Waals surface area contributed by atoms with Gasteiger partial charge in [-0.25, -0.2) is 0 Å². The number of carbonyl (C=O) groups is 3. The highest BCUT2D eigenvalue weighted by molar-refractivity contribution is 5.93. The molecule has 1 rings (SSSR count). The fraction of sp³-hybridized carbons (Fsp3) is 0.786. The third kappa shape index (κ3) is 5.34. The molecular formula is C14H26N4O3. The van der Waals surface area contributed by atoms with E-state index in [9.17, 15) is 14.4 Å². The first-order valence-electron chi connectivity index (χ1n) is 7.36. The van der Waals surface area contributed by atoms with Crippen molar-refractivity contribution < 1.29 is 14.4 Å². The average molecular weight is 298 g/mol. The van der Waals surface area contributed by atoms with Gasteiger partial charge in [0.25, 0.3) is 0 Å². The van der Waals surface area contributed by atoms with E-state index in [0.717, 1.165) is 19.4 Å². The molecule has 3 amide bonds. The van der Waals surface area contributed by atoms with Crippen molar-refractivity contribution in [1.29, 1.82) is 0 Å². The second kappa shape index (κ2) is 7.40. The molecule has 1 aliphatic rings. The Morgan fingerprint density at radius 3 is 2.48 bits per heavy atom. The Bertz CT molecular complexity index is 403. The summed E-state index contributed by atoms with van der Waals surface area (Å²) in [5.41, 5.74) is 4.39. The molecule has 7 heteroatoms. The Morgan fingerprint density at radius 1 is 1.33 bits per heavy atom.